The third-order valence-corrected chi connectivity index (χ3v) is 8.27. The maximum absolute atomic E-state index is 13.8. The van der Waals surface area contributed by atoms with Crippen LogP contribution >= 0.6 is 0 Å². The molecule has 3 rings (SSSR count). The van der Waals surface area contributed by atoms with Crippen LogP contribution in [-0.4, -0.2) is 75.7 Å². The Morgan fingerprint density at radius 1 is 0.921 bits per heavy atom. The van der Waals surface area contributed by atoms with Crippen LogP contribution in [0.2, 0.25) is 0 Å². The van der Waals surface area contributed by atoms with Gasteiger partial charge in [-0.15, -0.1) is 0 Å². The lowest BCUT2D eigenvalue weighted by Gasteiger charge is -2.37. The lowest BCUT2D eigenvalue weighted by molar-refractivity contribution is -0.145. The number of hydrogen-bond acceptors (Lipinski definition) is 6. The Bertz CT molecular complexity index is 927. The van der Waals surface area contributed by atoms with Crippen molar-refractivity contribution < 1.29 is 33.9 Å². The van der Waals surface area contributed by atoms with E-state index in [1.54, 1.807) is 6.92 Å². The molecule has 2 aliphatic carbocycles. The highest BCUT2D eigenvalue weighted by Gasteiger charge is 2.44. The molecule has 2 unspecified atom stereocenters. The third kappa shape index (κ3) is 6.82. The van der Waals surface area contributed by atoms with Gasteiger partial charge >= 0.3 is 12.0 Å². The first-order chi connectivity index (χ1) is 18.1. The van der Waals surface area contributed by atoms with Crippen LogP contribution in [0.4, 0.5) is 4.79 Å². The van der Waals surface area contributed by atoms with E-state index >= 15 is 0 Å². The maximum Gasteiger partial charge on any atom is 0.329 e. The Morgan fingerprint density at radius 2 is 1.55 bits per heavy atom. The molecule has 12 nitrogen and oxygen atoms in total. The number of rotatable bonds is 10. The first kappa shape index (κ1) is 29.4. The molecule has 3 aliphatic rings. The average Bonchev–Trinajstić information content (AvgIpc) is 3.40. The molecule has 3 atom stereocenters. The summed E-state index contributed by atoms with van der Waals surface area (Å²) in [7, 11) is 0. The fraction of sp³-hybridized carbons (Fsp3) is 0.769. The lowest BCUT2D eigenvalue weighted by Crippen LogP contribution is -2.62. The zero-order valence-corrected chi connectivity index (χ0v) is 22.1. The third-order valence-electron chi connectivity index (χ3n) is 8.27. The predicted molar refractivity (Wildman–Crippen MR) is 137 cm³/mol. The number of carboxylic acid groups (broad SMARTS) is 1. The molecule has 1 heterocycles. The number of amides is 5. The van der Waals surface area contributed by atoms with Gasteiger partial charge < -0.3 is 31.7 Å². The number of hydrogen-bond donors (Lipinski definition) is 5. The number of Topliss-reactive ketones (excluding diaryl/α,β-unsaturated/α-hetero) is 1. The Hall–Kier alpha value is -3.18. The second-order valence-corrected chi connectivity index (χ2v) is 10.8. The number of nitrogens with one attached hydrogen (secondary N) is 3. The summed E-state index contributed by atoms with van der Waals surface area (Å²) in [5.74, 6) is -4.20. The second-order valence-electron chi connectivity index (χ2n) is 10.8. The summed E-state index contributed by atoms with van der Waals surface area (Å²) >= 11 is 0. The fourth-order valence-electron chi connectivity index (χ4n) is 6.07. The van der Waals surface area contributed by atoms with E-state index in [1.807, 2.05) is 0 Å². The summed E-state index contributed by atoms with van der Waals surface area (Å²) in [4.78, 5) is 76.9. The summed E-state index contributed by atoms with van der Waals surface area (Å²) in [6.07, 6.45) is 8.39. The number of primary amides is 1. The number of nitrogens with zero attached hydrogens (tertiary/aromatic N) is 1. The first-order valence-corrected chi connectivity index (χ1v) is 13.9. The van der Waals surface area contributed by atoms with E-state index in [4.69, 9.17) is 5.73 Å². The smallest absolute Gasteiger partial charge is 0.329 e. The van der Waals surface area contributed by atoms with Crippen LogP contribution in [0, 0.1) is 5.92 Å². The van der Waals surface area contributed by atoms with Crippen molar-refractivity contribution in [3.63, 3.8) is 0 Å². The Balaban J connectivity index is 1.76. The number of ketones is 1. The van der Waals surface area contributed by atoms with Crippen LogP contribution in [0.1, 0.15) is 90.4 Å². The Morgan fingerprint density at radius 3 is 2.13 bits per heavy atom. The highest BCUT2D eigenvalue weighted by molar-refractivity contribution is 6.37. The number of likely N-dealkylation sites (tertiary alicyclic amines) is 1. The highest BCUT2D eigenvalue weighted by atomic mass is 16.4. The van der Waals surface area contributed by atoms with Gasteiger partial charge in [0.05, 0.1) is 6.04 Å². The van der Waals surface area contributed by atoms with E-state index in [-0.39, 0.29) is 12.3 Å². The fourth-order valence-corrected chi connectivity index (χ4v) is 6.07. The van der Waals surface area contributed by atoms with Gasteiger partial charge in [0.15, 0.2) is 0 Å². The van der Waals surface area contributed by atoms with E-state index in [2.05, 4.69) is 16.0 Å². The topological polar surface area (TPSA) is 188 Å². The minimum Gasteiger partial charge on any atom is -0.480 e. The van der Waals surface area contributed by atoms with Crippen LogP contribution in [-0.2, 0) is 24.0 Å². The molecule has 2 saturated carbocycles. The molecule has 0 spiro atoms. The molecular weight excluding hydrogens is 494 g/mol. The zero-order chi connectivity index (χ0) is 27.9. The quantitative estimate of drug-likeness (QED) is 0.258. The summed E-state index contributed by atoms with van der Waals surface area (Å²) in [6, 6.07) is -3.53. The molecule has 1 aliphatic heterocycles. The standard InChI is InChI=1S/C26H41N5O7/c1-2-17(20(32)21(27)33)28-22(34)18-12-9-15-31(18)23(35)19(16-10-5-3-6-11-16)29-25(38)30-26(24(36)37)13-7-4-8-14-26/h16-19H,2-15H2,1H3,(H2,27,33)(H,28,34)(H,36,37)(H2,29,30,38)/t17?,18-,19?/m0/s1. The largest absolute Gasteiger partial charge is 0.480 e. The molecule has 3 fully saturated rings. The molecule has 0 aromatic carbocycles. The Labute approximate surface area is 222 Å². The van der Waals surface area contributed by atoms with E-state index in [0.717, 1.165) is 38.5 Å². The van der Waals surface area contributed by atoms with Crippen LogP contribution in [0.25, 0.3) is 0 Å². The number of aliphatic carboxylic acids is 1. The summed E-state index contributed by atoms with van der Waals surface area (Å²) < 4.78 is 0. The molecule has 12 heteroatoms. The minimum atomic E-state index is -1.36. The van der Waals surface area contributed by atoms with Gasteiger partial charge in [0, 0.05) is 6.54 Å². The number of carbonyl (C=O) groups excluding carboxylic acids is 5. The lowest BCUT2D eigenvalue weighted by atomic mass is 9.81. The van der Waals surface area contributed by atoms with Crippen molar-refractivity contribution >= 4 is 35.5 Å². The zero-order valence-electron chi connectivity index (χ0n) is 22.1. The van der Waals surface area contributed by atoms with E-state index < -0.39 is 59.2 Å². The molecule has 0 aromatic rings. The van der Waals surface area contributed by atoms with Crippen LogP contribution < -0.4 is 21.7 Å². The molecule has 38 heavy (non-hydrogen) atoms. The van der Waals surface area contributed by atoms with Gasteiger partial charge in [-0.25, -0.2) is 9.59 Å². The molecular formula is C26H41N5O7. The molecule has 6 N–H and O–H groups in total. The van der Waals surface area contributed by atoms with Gasteiger partial charge in [0.2, 0.25) is 17.6 Å². The SMILES string of the molecule is CCC(NC(=O)[C@@H]1CCCN1C(=O)C(NC(=O)NC1(C(=O)O)CCCCC1)C1CCCCC1)C(=O)C(N)=O. The summed E-state index contributed by atoms with van der Waals surface area (Å²) in [5.41, 5.74) is 3.73. The first-order valence-electron chi connectivity index (χ1n) is 13.9. The van der Waals surface area contributed by atoms with E-state index in [1.165, 1.54) is 4.90 Å². The molecule has 212 valence electrons. The van der Waals surface area contributed by atoms with Crippen molar-refractivity contribution in [1.29, 1.82) is 0 Å². The van der Waals surface area contributed by atoms with E-state index in [9.17, 15) is 33.9 Å². The van der Waals surface area contributed by atoms with Crippen molar-refractivity contribution in [3.8, 4) is 0 Å². The van der Waals surface area contributed by atoms with Gasteiger partial charge in [-0.05, 0) is 50.9 Å². The van der Waals surface area contributed by atoms with Crippen LogP contribution in [0.3, 0.4) is 0 Å². The summed E-state index contributed by atoms with van der Waals surface area (Å²) in [5, 5.41) is 17.8. The number of urea groups is 1. The Kier molecular flexibility index (Phi) is 10.1. The summed E-state index contributed by atoms with van der Waals surface area (Å²) in [6.45, 7) is 1.95. The molecule has 5 amide bonds. The van der Waals surface area contributed by atoms with Gasteiger partial charge in [0.25, 0.3) is 5.91 Å². The monoisotopic (exact) mass is 535 g/mol. The highest BCUT2D eigenvalue weighted by Crippen LogP contribution is 2.31. The predicted octanol–water partition coefficient (Wildman–Crippen LogP) is 0.962. The van der Waals surface area contributed by atoms with Crippen molar-refractivity contribution in [3.05, 3.63) is 0 Å². The van der Waals surface area contributed by atoms with Gasteiger partial charge in [-0.2, -0.15) is 0 Å². The molecule has 0 radical (unpaired) electrons. The van der Waals surface area contributed by atoms with Gasteiger partial charge in [-0.3, -0.25) is 19.2 Å². The molecule has 0 aromatic heterocycles. The second kappa shape index (κ2) is 13.1. The van der Waals surface area contributed by atoms with E-state index in [0.29, 0.717) is 45.1 Å². The normalized spacial score (nSPS) is 23.1. The van der Waals surface area contributed by atoms with Crippen molar-refractivity contribution in [2.24, 2.45) is 11.7 Å². The molecule has 0 bridgehead atoms. The average molecular weight is 536 g/mol. The van der Waals surface area contributed by atoms with Crippen molar-refractivity contribution in [1.82, 2.24) is 20.9 Å². The van der Waals surface area contributed by atoms with Crippen molar-refractivity contribution in [2.75, 3.05) is 6.54 Å². The van der Waals surface area contributed by atoms with Crippen molar-refractivity contribution in [2.45, 2.75) is 114 Å². The minimum absolute atomic E-state index is 0.140. The maximum atomic E-state index is 13.8. The number of carboxylic acids is 1. The number of nitrogens with two attached hydrogens (primary N) is 1. The number of carbonyl (C=O) groups is 6. The van der Waals surface area contributed by atoms with Crippen LogP contribution in [0.5, 0.6) is 0 Å². The van der Waals surface area contributed by atoms with Gasteiger partial charge in [-0.1, -0.05) is 45.4 Å². The van der Waals surface area contributed by atoms with Gasteiger partial charge in [0.1, 0.15) is 17.6 Å². The van der Waals surface area contributed by atoms with Crippen LogP contribution in [0.15, 0.2) is 0 Å². The molecule has 1 saturated heterocycles.